The number of rotatable bonds is 2. The highest BCUT2D eigenvalue weighted by Gasteiger charge is 2.27. The fourth-order valence-electron chi connectivity index (χ4n) is 2.11. The van der Waals surface area contributed by atoms with Gasteiger partial charge in [-0.1, -0.05) is 19.9 Å². The van der Waals surface area contributed by atoms with Gasteiger partial charge in [0.15, 0.2) is 0 Å². The Labute approximate surface area is 90.7 Å². The SMILES string of the molecule is CC(C)c1cccc(C2CCCC2=O)n1. The first-order valence-electron chi connectivity index (χ1n) is 5.68. The minimum absolute atomic E-state index is 0.0729. The Kier molecular flexibility index (Phi) is 2.85. The van der Waals surface area contributed by atoms with Gasteiger partial charge >= 0.3 is 0 Å². The van der Waals surface area contributed by atoms with Crippen molar-refractivity contribution < 1.29 is 4.79 Å². The van der Waals surface area contributed by atoms with Crippen molar-refractivity contribution in [1.82, 2.24) is 4.98 Å². The number of Topliss-reactive ketones (excluding diaryl/α,β-unsaturated/α-hetero) is 1. The van der Waals surface area contributed by atoms with Crippen LogP contribution in [-0.4, -0.2) is 10.8 Å². The van der Waals surface area contributed by atoms with E-state index in [1.807, 2.05) is 18.2 Å². The Morgan fingerprint density at radius 1 is 1.40 bits per heavy atom. The molecule has 1 aromatic heterocycles. The number of hydrogen-bond donors (Lipinski definition) is 0. The summed E-state index contributed by atoms with van der Waals surface area (Å²) in [6.45, 7) is 4.26. The summed E-state index contributed by atoms with van der Waals surface area (Å²) in [7, 11) is 0. The summed E-state index contributed by atoms with van der Waals surface area (Å²) < 4.78 is 0. The molecular formula is C13H17NO. The number of hydrogen-bond acceptors (Lipinski definition) is 2. The molecule has 0 spiro atoms. The van der Waals surface area contributed by atoms with Crippen LogP contribution in [0.4, 0.5) is 0 Å². The van der Waals surface area contributed by atoms with Crippen molar-refractivity contribution in [2.45, 2.75) is 44.9 Å². The summed E-state index contributed by atoms with van der Waals surface area (Å²) >= 11 is 0. The van der Waals surface area contributed by atoms with Crippen LogP contribution in [-0.2, 0) is 4.79 Å². The van der Waals surface area contributed by atoms with Crippen LogP contribution in [0, 0.1) is 0 Å². The highest BCUT2D eigenvalue weighted by molar-refractivity contribution is 5.87. The number of ketones is 1. The van der Waals surface area contributed by atoms with Gasteiger partial charge in [0.05, 0.1) is 11.6 Å². The maximum absolute atomic E-state index is 11.6. The Balaban J connectivity index is 2.28. The second-order valence-corrected chi connectivity index (χ2v) is 4.55. The molecule has 2 nitrogen and oxygen atoms in total. The highest BCUT2D eigenvalue weighted by Crippen LogP contribution is 2.30. The number of pyridine rings is 1. The highest BCUT2D eigenvalue weighted by atomic mass is 16.1. The zero-order valence-corrected chi connectivity index (χ0v) is 9.36. The summed E-state index contributed by atoms with van der Waals surface area (Å²) in [5, 5.41) is 0. The van der Waals surface area contributed by atoms with E-state index in [1.165, 1.54) is 0 Å². The quantitative estimate of drug-likeness (QED) is 0.739. The lowest BCUT2D eigenvalue weighted by Crippen LogP contribution is -2.08. The van der Waals surface area contributed by atoms with E-state index in [0.717, 1.165) is 30.7 Å². The van der Waals surface area contributed by atoms with Crippen molar-refractivity contribution in [3.63, 3.8) is 0 Å². The number of carbonyl (C=O) groups is 1. The molecule has 1 aliphatic carbocycles. The van der Waals surface area contributed by atoms with Gasteiger partial charge in [-0.15, -0.1) is 0 Å². The fraction of sp³-hybridized carbons (Fsp3) is 0.538. The van der Waals surface area contributed by atoms with Gasteiger partial charge in [-0.2, -0.15) is 0 Å². The van der Waals surface area contributed by atoms with E-state index < -0.39 is 0 Å². The third-order valence-electron chi connectivity index (χ3n) is 3.05. The Hall–Kier alpha value is -1.18. The summed E-state index contributed by atoms with van der Waals surface area (Å²) in [5.74, 6) is 0.869. The van der Waals surface area contributed by atoms with Gasteiger partial charge in [0, 0.05) is 12.1 Å². The second-order valence-electron chi connectivity index (χ2n) is 4.55. The number of aromatic nitrogens is 1. The number of carbonyl (C=O) groups excluding carboxylic acids is 1. The molecule has 0 bridgehead atoms. The van der Waals surface area contributed by atoms with Gasteiger partial charge in [0.2, 0.25) is 0 Å². The van der Waals surface area contributed by atoms with E-state index in [4.69, 9.17) is 0 Å². The zero-order chi connectivity index (χ0) is 10.8. The van der Waals surface area contributed by atoms with Crippen LogP contribution >= 0.6 is 0 Å². The molecule has 0 aliphatic heterocycles. The molecule has 0 N–H and O–H groups in total. The topological polar surface area (TPSA) is 30.0 Å². The van der Waals surface area contributed by atoms with Gasteiger partial charge < -0.3 is 0 Å². The van der Waals surface area contributed by atoms with Crippen LogP contribution in [0.1, 0.15) is 56.3 Å². The van der Waals surface area contributed by atoms with Crippen molar-refractivity contribution in [2.75, 3.05) is 0 Å². The van der Waals surface area contributed by atoms with Gasteiger partial charge in [-0.3, -0.25) is 9.78 Å². The predicted molar refractivity (Wildman–Crippen MR) is 59.9 cm³/mol. The summed E-state index contributed by atoms with van der Waals surface area (Å²) in [6, 6.07) is 6.04. The summed E-state index contributed by atoms with van der Waals surface area (Å²) in [5.41, 5.74) is 2.07. The molecule has 0 saturated heterocycles. The van der Waals surface area contributed by atoms with Crippen LogP contribution in [0.2, 0.25) is 0 Å². The molecule has 2 heteroatoms. The molecule has 1 saturated carbocycles. The van der Waals surface area contributed by atoms with Crippen molar-refractivity contribution in [1.29, 1.82) is 0 Å². The van der Waals surface area contributed by atoms with E-state index >= 15 is 0 Å². The van der Waals surface area contributed by atoms with Gasteiger partial charge in [-0.25, -0.2) is 0 Å². The largest absolute Gasteiger partial charge is 0.299 e. The van der Waals surface area contributed by atoms with Crippen LogP contribution < -0.4 is 0 Å². The molecule has 1 aliphatic rings. The molecule has 1 heterocycles. The first kappa shape index (κ1) is 10.3. The minimum Gasteiger partial charge on any atom is -0.299 e. The lowest BCUT2D eigenvalue weighted by molar-refractivity contribution is -0.118. The Bertz CT molecular complexity index is 371. The molecule has 1 aromatic rings. The van der Waals surface area contributed by atoms with Gasteiger partial charge in [-0.05, 0) is 30.9 Å². The molecule has 15 heavy (non-hydrogen) atoms. The van der Waals surface area contributed by atoms with Gasteiger partial charge in [0.25, 0.3) is 0 Å². The van der Waals surface area contributed by atoms with Crippen LogP contribution in [0.15, 0.2) is 18.2 Å². The fourth-order valence-corrected chi connectivity index (χ4v) is 2.11. The van der Waals surface area contributed by atoms with E-state index in [1.54, 1.807) is 0 Å². The first-order chi connectivity index (χ1) is 7.18. The van der Waals surface area contributed by atoms with Crippen molar-refractivity contribution in [2.24, 2.45) is 0 Å². The monoisotopic (exact) mass is 203 g/mol. The Morgan fingerprint density at radius 2 is 2.20 bits per heavy atom. The van der Waals surface area contributed by atoms with E-state index in [0.29, 0.717) is 11.7 Å². The van der Waals surface area contributed by atoms with E-state index in [9.17, 15) is 4.79 Å². The average Bonchev–Trinajstić information content (AvgIpc) is 2.64. The Morgan fingerprint density at radius 3 is 2.80 bits per heavy atom. The standard InChI is InChI=1S/C13H17NO/c1-9(2)11-6-4-7-12(14-11)10-5-3-8-13(10)15/h4,6-7,9-10H,3,5,8H2,1-2H3. The van der Waals surface area contributed by atoms with E-state index in [2.05, 4.69) is 18.8 Å². The number of nitrogens with zero attached hydrogens (tertiary/aromatic N) is 1. The van der Waals surface area contributed by atoms with E-state index in [-0.39, 0.29) is 5.92 Å². The zero-order valence-electron chi connectivity index (χ0n) is 9.36. The lowest BCUT2D eigenvalue weighted by Gasteiger charge is -2.10. The van der Waals surface area contributed by atoms with Crippen molar-refractivity contribution >= 4 is 5.78 Å². The molecule has 0 radical (unpaired) electrons. The smallest absolute Gasteiger partial charge is 0.141 e. The van der Waals surface area contributed by atoms with Crippen LogP contribution in [0.3, 0.4) is 0 Å². The lowest BCUT2D eigenvalue weighted by atomic mass is 10.0. The summed E-state index contributed by atoms with van der Waals surface area (Å²) in [6.07, 6.45) is 2.74. The normalized spacial score (nSPS) is 21.3. The molecular weight excluding hydrogens is 186 g/mol. The summed E-state index contributed by atoms with van der Waals surface area (Å²) in [4.78, 5) is 16.2. The average molecular weight is 203 g/mol. The maximum atomic E-state index is 11.6. The molecule has 1 atom stereocenters. The molecule has 1 fully saturated rings. The third kappa shape index (κ3) is 2.09. The second kappa shape index (κ2) is 4.13. The molecule has 1 unspecified atom stereocenters. The van der Waals surface area contributed by atoms with Gasteiger partial charge in [0.1, 0.15) is 5.78 Å². The molecule has 2 rings (SSSR count). The predicted octanol–water partition coefficient (Wildman–Crippen LogP) is 3.04. The van der Waals surface area contributed by atoms with Crippen LogP contribution in [0.5, 0.6) is 0 Å². The first-order valence-corrected chi connectivity index (χ1v) is 5.68. The third-order valence-corrected chi connectivity index (χ3v) is 3.05. The molecule has 0 aromatic carbocycles. The van der Waals surface area contributed by atoms with Crippen molar-refractivity contribution in [3.05, 3.63) is 29.6 Å². The maximum Gasteiger partial charge on any atom is 0.141 e. The van der Waals surface area contributed by atoms with Crippen LogP contribution in [0.25, 0.3) is 0 Å². The molecule has 0 amide bonds. The molecule has 80 valence electrons. The minimum atomic E-state index is 0.0729. The van der Waals surface area contributed by atoms with Crippen molar-refractivity contribution in [3.8, 4) is 0 Å².